The average molecular weight is 273 g/mol. The van der Waals surface area contributed by atoms with E-state index < -0.39 is 11.0 Å². The number of carbonyl (C=O) groups excluding carboxylic acids is 1. The smallest absolute Gasteiger partial charge is 0.312 e. The van der Waals surface area contributed by atoms with Crippen LogP contribution < -0.4 is 16.4 Å². The standard InChI is InChI=1S/C10H13ClN4O3/c11-8-2-1-3-9(15(17)18)7(8)6-13-4-5-14-10(12)16/h1-3,13H,4-6H2,(H3,12,14,16). The van der Waals surface area contributed by atoms with Crippen molar-refractivity contribution in [2.45, 2.75) is 6.54 Å². The topological polar surface area (TPSA) is 110 Å². The van der Waals surface area contributed by atoms with Crippen LogP contribution in [0.1, 0.15) is 5.56 Å². The van der Waals surface area contributed by atoms with Gasteiger partial charge in [-0.3, -0.25) is 10.1 Å². The summed E-state index contributed by atoms with van der Waals surface area (Å²) in [5.41, 5.74) is 5.28. The van der Waals surface area contributed by atoms with Crippen LogP contribution in [0.25, 0.3) is 0 Å². The van der Waals surface area contributed by atoms with Crippen LogP contribution in [0.15, 0.2) is 18.2 Å². The van der Waals surface area contributed by atoms with Crippen LogP contribution >= 0.6 is 11.6 Å². The molecule has 0 fully saturated rings. The lowest BCUT2D eigenvalue weighted by Crippen LogP contribution is -2.35. The molecule has 2 amide bonds. The van der Waals surface area contributed by atoms with Gasteiger partial charge in [0.2, 0.25) is 0 Å². The molecule has 7 nitrogen and oxygen atoms in total. The van der Waals surface area contributed by atoms with Crippen LogP contribution in [0.5, 0.6) is 0 Å². The van der Waals surface area contributed by atoms with Gasteiger partial charge in [-0.1, -0.05) is 17.7 Å². The number of nitrogens with one attached hydrogen (secondary N) is 2. The Morgan fingerprint density at radius 3 is 2.78 bits per heavy atom. The minimum Gasteiger partial charge on any atom is -0.352 e. The van der Waals surface area contributed by atoms with Gasteiger partial charge in [-0.2, -0.15) is 0 Å². The second-order valence-electron chi connectivity index (χ2n) is 3.46. The molecule has 0 saturated carbocycles. The van der Waals surface area contributed by atoms with Crippen LogP contribution in [-0.4, -0.2) is 24.0 Å². The van der Waals surface area contributed by atoms with E-state index in [1.54, 1.807) is 6.07 Å². The summed E-state index contributed by atoms with van der Waals surface area (Å²) in [7, 11) is 0. The van der Waals surface area contributed by atoms with E-state index in [1.165, 1.54) is 12.1 Å². The summed E-state index contributed by atoms with van der Waals surface area (Å²) in [6.07, 6.45) is 0. The zero-order chi connectivity index (χ0) is 13.5. The lowest BCUT2D eigenvalue weighted by atomic mass is 10.2. The van der Waals surface area contributed by atoms with Gasteiger partial charge in [0.25, 0.3) is 5.69 Å². The molecule has 0 heterocycles. The number of carbonyl (C=O) groups is 1. The molecule has 18 heavy (non-hydrogen) atoms. The highest BCUT2D eigenvalue weighted by Crippen LogP contribution is 2.25. The molecule has 0 unspecified atom stereocenters. The molecule has 0 bridgehead atoms. The first-order valence-corrected chi connectivity index (χ1v) is 5.56. The van der Waals surface area contributed by atoms with Crippen molar-refractivity contribution in [2.24, 2.45) is 5.73 Å². The van der Waals surface area contributed by atoms with Crippen molar-refractivity contribution in [3.8, 4) is 0 Å². The van der Waals surface area contributed by atoms with E-state index in [4.69, 9.17) is 17.3 Å². The number of halogens is 1. The van der Waals surface area contributed by atoms with Crippen molar-refractivity contribution in [3.63, 3.8) is 0 Å². The minimum absolute atomic E-state index is 0.0298. The molecule has 0 aliphatic heterocycles. The fraction of sp³-hybridized carbons (Fsp3) is 0.300. The molecule has 0 aliphatic rings. The number of amides is 2. The molecule has 0 spiro atoms. The molecular formula is C10H13ClN4O3. The maximum atomic E-state index is 10.8. The van der Waals surface area contributed by atoms with Gasteiger partial charge in [-0.15, -0.1) is 0 Å². The number of hydrogen-bond donors (Lipinski definition) is 3. The molecule has 0 radical (unpaired) electrons. The lowest BCUT2D eigenvalue weighted by molar-refractivity contribution is -0.385. The third kappa shape index (κ3) is 4.19. The molecular weight excluding hydrogens is 260 g/mol. The quantitative estimate of drug-likeness (QED) is 0.408. The Morgan fingerprint density at radius 1 is 1.44 bits per heavy atom. The highest BCUT2D eigenvalue weighted by atomic mass is 35.5. The number of urea groups is 1. The molecule has 0 saturated heterocycles. The van der Waals surface area contributed by atoms with Crippen molar-refractivity contribution in [1.29, 1.82) is 0 Å². The maximum absolute atomic E-state index is 10.8. The third-order valence-electron chi connectivity index (χ3n) is 2.19. The van der Waals surface area contributed by atoms with E-state index in [2.05, 4.69) is 10.6 Å². The summed E-state index contributed by atoms with van der Waals surface area (Å²) in [5, 5.41) is 16.5. The van der Waals surface area contributed by atoms with E-state index in [0.29, 0.717) is 23.7 Å². The average Bonchev–Trinajstić information content (AvgIpc) is 2.29. The number of nitro groups is 1. The fourth-order valence-electron chi connectivity index (χ4n) is 1.38. The Hall–Kier alpha value is -1.86. The second-order valence-corrected chi connectivity index (χ2v) is 3.87. The molecule has 1 aromatic carbocycles. The van der Waals surface area contributed by atoms with Gasteiger partial charge in [0, 0.05) is 25.7 Å². The summed E-state index contributed by atoms with van der Waals surface area (Å²) in [5.74, 6) is 0. The van der Waals surface area contributed by atoms with Crippen molar-refractivity contribution >= 4 is 23.3 Å². The fourth-order valence-corrected chi connectivity index (χ4v) is 1.62. The largest absolute Gasteiger partial charge is 0.352 e. The Bertz CT molecular complexity index is 453. The van der Waals surface area contributed by atoms with Crippen LogP contribution in [0.3, 0.4) is 0 Å². The van der Waals surface area contributed by atoms with E-state index in [0.717, 1.165) is 0 Å². The van der Waals surface area contributed by atoms with Crippen molar-refractivity contribution in [2.75, 3.05) is 13.1 Å². The molecule has 0 aliphatic carbocycles. The van der Waals surface area contributed by atoms with E-state index in [9.17, 15) is 14.9 Å². The first-order valence-electron chi connectivity index (χ1n) is 5.18. The summed E-state index contributed by atoms with van der Waals surface area (Å²) < 4.78 is 0. The summed E-state index contributed by atoms with van der Waals surface area (Å²) in [6, 6.07) is 3.90. The first kappa shape index (κ1) is 14.2. The summed E-state index contributed by atoms with van der Waals surface area (Å²) in [4.78, 5) is 20.7. The Morgan fingerprint density at radius 2 is 2.17 bits per heavy atom. The monoisotopic (exact) mass is 272 g/mol. The summed E-state index contributed by atoms with van der Waals surface area (Å²) in [6.45, 7) is 1.02. The van der Waals surface area contributed by atoms with Crippen molar-refractivity contribution in [3.05, 3.63) is 38.9 Å². The van der Waals surface area contributed by atoms with Gasteiger partial charge in [0.1, 0.15) is 0 Å². The number of benzene rings is 1. The molecule has 4 N–H and O–H groups in total. The predicted molar refractivity (Wildman–Crippen MR) is 67.4 cm³/mol. The Balaban J connectivity index is 2.56. The van der Waals surface area contributed by atoms with Gasteiger partial charge in [-0.05, 0) is 6.07 Å². The van der Waals surface area contributed by atoms with Crippen LogP contribution in [0.2, 0.25) is 5.02 Å². The first-order chi connectivity index (χ1) is 8.52. The maximum Gasteiger partial charge on any atom is 0.312 e. The normalized spacial score (nSPS) is 10.1. The number of nitrogens with zero attached hydrogens (tertiary/aromatic N) is 1. The van der Waals surface area contributed by atoms with E-state index >= 15 is 0 Å². The Kier molecular flexibility index (Phi) is 5.34. The van der Waals surface area contributed by atoms with Crippen LogP contribution in [-0.2, 0) is 6.54 Å². The van der Waals surface area contributed by atoms with E-state index in [1.807, 2.05) is 0 Å². The van der Waals surface area contributed by atoms with Gasteiger partial charge in [0.05, 0.1) is 15.5 Å². The van der Waals surface area contributed by atoms with Gasteiger partial charge in [-0.25, -0.2) is 4.79 Å². The lowest BCUT2D eigenvalue weighted by Gasteiger charge is -2.07. The zero-order valence-corrected chi connectivity index (χ0v) is 10.2. The van der Waals surface area contributed by atoms with Crippen molar-refractivity contribution in [1.82, 2.24) is 10.6 Å². The number of nitro benzene ring substituents is 1. The molecule has 0 aromatic heterocycles. The predicted octanol–water partition coefficient (Wildman–Crippen LogP) is 1.01. The highest BCUT2D eigenvalue weighted by Gasteiger charge is 2.15. The molecule has 8 heteroatoms. The minimum atomic E-state index is -0.611. The van der Waals surface area contributed by atoms with Crippen LogP contribution in [0.4, 0.5) is 10.5 Å². The number of primary amides is 1. The van der Waals surface area contributed by atoms with Gasteiger partial charge >= 0.3 is 6.03 Å². The number of rotatable bonds is 6. The van der Waals surface area contributed by atoms with Crippen molar-refractivity contribution < 1.29 is 9.72 Å². The molecule has 0 atom stereocenters. The van der Waals surface area contributed by atoms with Crippen LogP contribution in [0, 0.1) is 10.1 Å². The zero-order valence-electron chi connectivity index (χ0n) is 9.48. The molecule has 1 aromatic rings. The van der Waals surface area contributed by atoms with Gasteiger partial charge < -0.3 is 16.4 Å². The SMILES string of the molecule is NC(=O)NCCNCc1c(Cl)cccc1[N+](=O)[O-]. The second kappa shape index (κ2) is 6.77. The molecule has 98 valence electrons. The highest BCUT2D eigenvalue weighted by molar-refractivity contribution is 6.31. The molecule has 1 rings (SSSR count). The number of hydrogen-bond acceptors (Lipinski definition) is 4. The van der Waals surface area contributed by atoms with E-state index in [-0.39, 0.29) is 12.2 Å². The number of nitrogens with two attached hydrogens (primary N) is 1. The van der Waals surface area contributed by atoms with Gasteiger partial charge in [0.15, 0.2) is 0 Å². The third-order valence-corrected chi connectivity index (χ3v) is 2.55. The Labute approximate surface area is 108 Å². The summed E-state index contributed by atoms with van der Waals surface area (Å²) >= 11 is 5.90.